The van der Waals surface area contributed by atoms with Crippen molar-refractivity contribution in [2.45, 2.75) is 26.8 Å². The molecular formula is C21H22N4O3S. The average Bonchev–Trinajstić information content (AvgIpc) is 3.33. The molecule has 0 aliphatic carbocycles. The van der Waals surface area contributed by atoms with Crippen LogP contribution in [-0.2, 0) is 17.8 Å². The molecule has 0 spiro atoms. The molecule has 150 valence electrons. The zero-order chi connectivity index (χ0) is 20.4. The van der Waals surface area contributed by atoms with Gasteiger partial charge in [-0.3, -0.25) is 19.8 Å². The monoisotopic (exact) mass is 410 g/mol. The van der Waals surface area contributed by atoms with E-state index in [1.54, 1.807) is 12.1 Å². The summed E-state index contributed by atoms with van der Waals surface area (Å²) in [6, 6.07) is 9.30. The number of carbonyl (C=O) groups excluding carboxylic acids is 2. The molecule has 2 N–H and O–H groups in total. The summed E-state index contributed by atoms with van der Waals surface area (Å²) in [5.74, 6) is -0.0909. The Morgan fingerprint density at radius 2 is 2.10 bits per heavy atom. The summed E-state index contributed by atoms with van der Waals surface area (Å²) >= 11 is 1.44. The zero-order valence-electron chi connectivity index (χ0n) is 16.3. The van der Waals surface area contributed by atoms with E-state index in [4.69, 9.17) is 4.42 Å². The van der Waals surface area contributed by atoms with Gasteiger partial charge in [0.25, 0.3) is 5.91 Å². The van der Waals surface area contributed by atoms with Crippen molar-refractivity contribution in [3.8, 4) is 0 Å². The molecule has 0 bridgehead atoms. The second kappa shape index (κ2) is 8.18. The number of nitrogens with zero attached hydrogens (tertiary/aromatic N) is 2. The molecule has 29 heavy (non-hydrogen) atoms. The molecule has 4 rings (SSSR count). The molecule has 0 atom stereocenters. The van der Waals surface area contributed by atoms with Crippen LogP contribution in [0.3, 0.4) is 0 Å². The van der Waals surface area contributed by atoms with E-state index in [1.807, 2.05) is 32.0 Å². The first-order valence-corrected chi connectivity index (χ1v) is 10.2. The van der Waals surface area contributed by atoms with E-state index < -0.39 is 0 Å². The molecule has 1 aliphatic heterocycles. The predicted molar refractivity (Wildman–Crippen MR) is 112 cm³/mol. The van der Waals surface area contributed by atoms with Gasteiger partial charge in [0.05, 0.1) is 18.5 Å². The highest BCUT2D eigenvalue weighted by Crippen LogP contribution is 2.28. The lowest BCUT2D eigenvalue weighted by molar-refractivity contribution is -0.117. The fourth-order valence-electron chi connectivity index (χ4n) is 3.27. The lowest BCUT2D eigenvalue weighted by Crippen LogP contribution is -2.36. The third kappa shape index (κ3) is 4.55. The van der Waals surface area contributed by atoms with Gasteiger partial charge in [-0.2, -0.15) is 0 Å². The van der Waals surface area contributed by atoms with E-state index in [2.05, 4.69) is 20.5 Å². The van der Waals surface area contributed by atoms with Crippen LogP contribution in [0.1, 0.15) is 32.3 Å². The molecule has 1 aliphatic rings. The number of carbonyl (C=O) groups is 2. The summed E-state index contributed by atoms with van der Waals surface area (Å²) in [5, 5.41) is 6.34. The molecule has 1 aromatic carbocycles. The summed E-state index contributed by atoms with van der Waals surface area (Å²) in [7, 11) is 0. The number of benzene rings is 1. The van der Waals surface area contributed by atoms with Crippen molar-refractivity contribution in [2.24, 2.45) is 0 Å². The zero-order valence-corrected chi connectivity index (χ0v) is 17.1. The maximum atomic E-state index is 12.5. The number of fused-ring (bicyclic) bond motifs is 1. The molecule has 2 aromatic heterocycles. The summed E-state index contributed by atoms with van der Waals surface area (Å²) in [4.78, 5) is 32.3. The Labute approximate surface area is 172 Å². The maximum Gasteiger partial charge on any atom is 0.293 e. The Hall–Kier alpha value is -2.97. The number of anilines is 2. The standard InChI is InChI=1S/C21H22N4O3S/c1-13-5-6-14(2)16(10-13)22-19(26)12-25-8-7-15-18(11-25)29-21(23-15)24-20(27)17-4-3-9-28-17/h3-6,9-10H,7-8,11-12H2,1-2H3,(H,22,26)(H,23,24,27). The minimum Gasteiger partial charge on any atom is -0.459 e. The van der Waals surface area contributed by atoms with Crippen molar-refractivity contribution < 1.29 is 14.0 Å². The molecule has 0 unspecified atom stereocenters. The van der Waals surface area contributed by atoms with Crippen LogP contribution >= 0.6 is 11.3 Å². The molecule has 2 amide bonds. The number of rotatable bonds is 5. The Morgan fingerprint density at radius 3 is 2.90 bits per heavy atom. The van der Waals surface area contributed by atoms with Gasteiger partial charge in [-0.15, -0.1) is 11.3 Å². The van der Waals surface area contributed by atoms with Gasteiger partial charge in [0.1, 0.15) is 0 Å². The van der Waals surface area contributed by atoms with Crippen molar-refractivity contribution in [1.29, 1.82) is 0 Å². The summed E-state index contributed by atoms with van der Waals surface area (Å²) in [6.07, 6.45) is 2.21. The van der Waals surface area contributed by atoms with Crippen LogP contribution in [0.5, 0.6) is 0 Å². The van der Waals surface area contributed by atoms with Gasteiger partial charge in [0, 0.05) is 30.1 Å². The van der Waals surface area contributed by atoms with Crippen LogP contribution < -0.4 is 10.6 Å². The van der Waals surface area contributed by atoms with E-state index in [0.29, 0.717) is 18.2 Å². The molecule has 0 saturated heterocycles. The van der Waals surface area contributed by atoms with E-state index in [0.717, 1.165) is 40.4 Å². The van der Waals surface area contributed by atoms with Crippen molar-refractivity contribution in [3.63, 3.8) is 0 Å². The number of hydrogen-bond acceptors (Lipinski definition) is 6. The number of hydrogen-bond donors (Lipinski definition) is 2. The van der Waals surface area contributed by atoms with Crippen LogP contribution in [-0.4, -0.2) is 34.8 Å². The third-order valence-corrected chi connectivity index (χ3v) is 5.81. The molecule has 8 heteroatoms. The maximum absolute atomic E-state index is 12.5. The Balaban J connectivity index is 1.36. The molecule has 0 fully saturated rings. The molecule has 7 nitrogen and oxygen atoms in total. The molecule has 3 heterocycles. The summed E-state index contributed by atoms with van der Waals surface area (Å²) in [6.45, 7) is 5.70. The van der Waals surface area contributed by atoms with Gasteiger partial charge in [-0.05, 0) is 43.2 Å². The minimum absolute atomic E-state index is 0.0296. The lowest BCUT2D eigenvalue weighted by atomic mass is 10.1. The van der Waals surface area contributed by atoms with Crippen LogP contribution in [0.4, 0.5) is 10.8 Å². The highest BCUT2D eigenvalue weighted by Gasteiger charge is 2.23. The fraction of sp³-hybridized carbons (Fsp3) is 0.286. The van der Waals surface area contributed by atoms with Gasteiger partial charge >= 0.3 is 0 Å². The smallest absolute Gasteiger partial charge is 0.293 e. The molecule has 0 radical (unpaired) electrons. The van der Waals surface area contributed by atoms with E-state index in [1.165, 1.54) is 17.6 Å². The quantitative estimate of drug-likeness (QED) is 0.671. The first kappa shape index (κ1) is 19.4. The van der Waals surface area contributed by atoms with Crippen molar-refractivity contribution >= 4 is 34.0 Å². The van der Waals surface area contributed by atoms with Crippen LogP contribution in [0.25, 0.3) is 0 Å². The first-order valence-electron chi connectivity index (χ1n) is 9.41. The average molecular weight is 410 g/mol. The van der Waals surface area contributed by atoms with Gasteiger partial charge in [0.15, 0.2) is 10.9 Å². The van der Waals surface area contributed by atoms with Crippen LogP contribution in [0, 0.1) is 13.8 Å². The normalized spacial score (nSPS) is 13.7. The van der Waals surface area contributed by atoms with Crippen molar-refractivity contribution in [2.75, 3.05) is 23.7 Å². The second-order valence-electron chi connectivity index (χ2n) is 7.15. The highest BCUT2D eigenvalue weighted by atomic mass is 32.1. The van der Waals surface area contributed by atoms with Crippen molar-refractivity contribution in [3.05, 3.63) is 64.1 Å². The van der Waals surface area contributed by atoms with E-state index >= 15 is 0 Å². The predicted octanol–water partition coefficient (Wildman–Crippen LogP) is 3.60. The highest BCUT2D eigenvalue weighted by molar-refractivity contribution is 7.15. The lowest BCUT2D eigenvalue weighted by Gasteiger charge is -2.25. The summed E-state index contributed by atoms with van der Waals surface area (Å²) < 4.78 is 5.11. The van der Waals surface area contributed by atoms with E-state index in [-0.39, 0.29) is 17.6 Å². The Bertz CT molecular complexity index is 1040. The minimum atomic E-state index is -0.314. The van der Waals surface area contributed by atoms with Crippen molar-refractivity contribution in [1.82, 2.24) is 9.88 Å². The molecule has 0 saturated carbocycles. The van der Waals surface area contributed by atoms with Gasteiger partial charge in [0.2, 0.25) is 5.91 Å². The Kier molecular flexibility index (Phi) is 5.46. The van der Waals surface area contributed by atoms with Crippen LogP contribution in [0.2, 0.25) is 0 Å². The summed E-state index contributed by atoms with van der Waals surface area (Å²) in [5.41, 5.74) is 4.00. The van der Waals surface area contributed by atoms with E-state index in [9.17, 15) is 9.59 Å². The SMILES string of the molecule is Cc1ccc(C)c(NC(=O)CN2CCc3nc(NC(=O)c4ccco4)sc3C2)c1. The number of amides is 2. The van der Waals surface area contributed by atoms with Gasteiger partial charge in [-0.25, -0.2) is 4.98 Å². The number of furan rings is 1. The van der Waals surface area contributed by atoms with Crippen LogP contribution in [0.15, 0.2) is 41.0 Å². The van der Waals surface area contributed by atoms with Gasteiger partial charge in [-0.1, -0.05) is 12.1 Å². The molecular weight excluding hydrogens is 388 g/mol. The number of aryl methyl sites for hydroxylation is 2. The second-order valence-corrected chi connectivity index (χ2v) is 8.23. The number of thiazole rings is 1. The number of aromatic nitrogens is 1. The largest absolute Gasteiger partial charge is 0.459 e. The molecule has 3 aromatic rings. The Morgan fingerprint density at radius 1 is 1.24 bits per heavy atom. The third-order valence-electron chi connectivity index (χ3n) is 4.81. The fourth-order valence-corrected chi connectivity index (χ4v) is 4.31. The number of nitrogens with one attached hydrogen (secondary N) is 2. The topological polar surface area (TPSA) is 87.5 Å². The first-order chi connectivity index (χ1) is 14.0. The van der Waals surface area contributed by atoms with Gasteiger partial charge < -0.3 is 9.73 Å².